The molecule has 0 saturated heterocycles. The number of carbonyl (C=O) groups is 1. The summed E-state index contributed by atoms with van der Waals surface area (Å²) < 4.78 is 10.2. The number of allylic oxidation sites excluding steroid dienone is 1. The SMILES string of the molecule is C=CC[C@H](C(=O)O)c1ccc(OC)c(OC)c1. The predicted molar refractivity (Wildman–Crippen MR) is 64.7 cm³/mol. The average molecular weight is 236 g/mol. The van der Waals surface area contributed by atoms with Crippen molar-refractivity contribution in [2.45, 2.75) is 12.3 Å². The molecule has 0 bridgehead atoms. The van der Waals surface area contributed by atoms with Gasteiger partial charge in [0.05, 0.1) is 20.1 Å². The molecule has 0 spiro atoms. The van der Waals surface area contributed by atoms with Crippen LogP contribution in [0.1, 0.15) is 17.9 Å². The third-order valence-corrected chi connectivity index (χ3v) is 2.51. The lowest BCUT2D eigenvalue weighted by atomic mass is 9.95. The minimum atomic E-state index is -0.878. The van der Waals surface area contributed by atoms with Crippen LogP contribution in [0.25, 0.3) is 0 Å². The zero-order valence-corrected chi connectivity index (χ0v) is 9.97. The number of benzene rings is 1. The zero-order chi connectivity index (χ0) is 12.8. The third kappa shape index (κ3) is 3.00. The van der Waals surface area contributed by atoms with E-state index in [9.17, 15) is 4.79 Å². The third-order valence-electron chi connectivity index (χ3n) is 2.51. The predicted octanol–water partition coefficient (Wildman–Crippen LogP) is 2.45. The molecule has 4 heteroatoms. The molecule has 4 nitrogen and oxygen atoms in total. The van der Waals surface area contributed by atoms with Crippen molar-refractivity contribution in [1.29, 1.82) is 0 Å². The monoisotopic (exact) mass is 236 g/mol. The van der Waals surface area contributed by atoms with Crippen LogP contribution in [0.3, 0.4) is 0 Å². The quantitative estimate of drug-likeness (QED) is 0.771. The molecule has 1 atom stereocenters. The van der Waals surface area contributed by atoms with Gasteiger partial charge in [0.2, 0.25) is 0 Å². The summed E-state index contributed by atoms with van der Waals surface area (Å²) in [5.41, 5.74) is 0.676. The molecular formula is C13H16O4. The van der Waals surface area contributed by atoms with Crippen molar-refractivity contribution in [2.24, 2.45) is 0 Å². The van der Waals surface area contributed by atoms with E-state index in [2.05, 4.69) is 6.58 Å². The number of hydrogen-bond donors (Lipinski definition) is 1. The summed E-state index contributed by atoms with van der Waals surface area (Å²) in [6, 6.07) is 5.11. The number of carboxylic acid groups (broad SMARTS) is 1. The maximum absolute atomic E-state index is 11.1. The Morgan fingerprint density at radius 2 is 2.06 bits per heavy atom. The summed E-state index contributed by atoms with van der Waals surface area (Å²) in [6.45, 7) is 3.57. The minimum Gasteiger partial charge on any atom is -0.493 e. The van der Waals surface area contributed by atoms with Crippen LogP contribution in [0, 0.1) is 0 Å². The van der Waals surface area contributed by atoms with Gasteiger partial charge in [0, 0.05) is 0 Å². The number of aliphatic carboxylic acids is 1. The lowest BCUT2D eigenvalue weighted by molar-refractivity contribution is -0.138. The largest absolute Gasteiger partial charge is 0.493 e. The van der Waals surface area contributed by atoms with Gasteiger partial charge in [-0.3, -0.25) is 4.79 Å². The van der Waals surface area contributed by atoms with Crippen molar-refractivity contribution in [3.05, 3.63) is 36.4 Å². The number of ether oxygens (including phenoxy) is 2. The van der Waals surface area contributed by atoms with E-state index in [0.29, 0.717) is 23.5 Å². The van der Waals surface area contributed by atoms with E-state index >= 15 is 0 Å². The molecule has 1 aromatic carbocycles. The van der Waals surface area contributed by atoms with Gasteiger partial charge in [-0.05, 0) is 24.1 Å². The van der Waals surface area contributed by atoms with Crippen LogP contribution in [-0.4, -0.2) is 25.3 Å². The Morgan fingerprint density at radius 3 is 2.53 bits per heavy atom. The minimum absolute atomic E-state index is 0.380. The Bertz CT molecular complexity index is 412. The van der Waals surface area contributed by atoms with Crippen molar-refractivity contribution in [2.75, 3.05) is 14.2 Å². The Balaban J connectivity index is 3.12. The summed E-state index contributed by atoms with van der Waals surface area (Å²) in [6.07, 6.45) is 1.97. The van der Waals surface area contributed by atoms with Gasteiger partial charge in [0.15, 0.2) is 11.5 Å². The average Bonchev–Trinajstić information content (AvgIpc) is 2.34. The summed E-state index contributed by atoms with van der Waals surface area (Å²) in [5, 5.41) is 9.13. The first-order valence-corrected chi connectivity index (χ1v) is 5.19. The van der Waals surface area contributed by atoms with Crippen molar-refractivity contribution >= 4 is 5.97 Å². The van der Waals surface area contributed by atoms with E-state index in [4.69, 9.17) is 14.6 Å². The topological polar surface area (TPSA) is 55.8 Å². The van der Waals surface area contributed by atoms with E-state index in [1.807, 2.05) is 0 Å². The van der Waals surface area contributed by atoms with Gasteiger partial charge in [-0.15, -0.1) is 6.58 Å². The Labute approximate surface area is 100 Å². The van der Waals surface area contributed by atoms with Gasteiger partial charge in [0.25, 0.3) is 0 Å². The van der Waals surface area contributed by atoms with Gasteiger partial charge < -0.3 is 14.6 Å². The maximum atomic E-state index is 11.1. The van der Waals surface area contributed by atoms with E-state index < -0.39 is 11.9 Å². The van der Waals surface area contributed by atoms with Crippen LogP contribution >= 0.6 is 0 Å². The highest BCUT2D eigenvalue weighted by molar-refractivity contribution is 5.76. The molecule has 0 aliphatic rings. The van der Waals surface area contributed by atoms with Gasteiger partial charge in [-0.2, -0.15) is 0 Å². The van der Waals surface area contributed by atoms with E-state index in [-0.39, 0.29) is 0 Å². The molecule has 92 valence electrons. The zero-order valence-electron chi connectivity index (χ0n) is 9.97. The molecule has 0 heterocycles. The molecule has 0 saturated carbocycles. The maximum Gasteiger partial charge on any atom is 0.311 e. The molecule has 0 fully saturated rings. The molecule has 0 radical (unpaired) electrons. The molecule has 0 aromatic heterocycles. The van der Waals surface area contributed by atoms with Crippen LogP contribution < -0.4 is 9.47 Å². The Morgan fingerprint density at radius 1 is 1.41 bits per heavy atom. The molecule has 0 aliphatic heterocycles. The standard InChI is InChI=1S/C13H16O4/c1-4-5-10(13(14)15)9-6-7-11(16-2)12(8-9)17-3/h4,6-8,10H,1,5H2,2-3H3,(H,14,15)/t10-/m0/s1. The van der Waals surface area contributed by atoms with Gasteiger partial charge >= 0.3 is 5.97 Å². The first kappa shape index (κ1) is 13.1. The second-order valence-electron chi connectivity index (χ2n) is 3.53. The van der Waals surface area contributed by atoms with Gasteiger partial charge in [-0.1, -0.05) is 12.1 Å². The summed E-state index contributed by atoms with van der Waals surface area (Å²) >= 11 is 0. The molecule has 1 rings (SSSR count). The van der Waals surface area contributed by atoms with Gasteiger partial charge in [0.1, 0.15) is 0 Å². The fourth-order valence-corrected chi connectivity index (χ4v) is 1.62. The Hall–Kier alpha value is -1.97. The molecule has 0 aliphatic carbocycles. The molecule has 1 N–H and O–H groups in total. The number of carboxylic acids is 1. The van der Waals surface area contributed by atoms with Crippen LogP contribution in [-0.2, 0) is 4.79 Å². The summed E-state index contributed by atoms with van der Waals surface area (Å²) in [7, 11) is 3.06. The van der Waals surface area contributed by atoms with E-state index in [1.54, 1.807) is 24.3 Å². The Kier molecular flexibility index (Phi) is 4.57. The summed E-state index contributed by atoms with van der Waals surface area (Å²) in [4.78, 5) is 11.1. The van der Waals surface area contributed by atoms with Crippen molar-refractivity contribution in [1.82, 2.24) is 0 Å². The molecule has 1 aromatic rings. The summed E-state index contributed by atoms with van der Waals surface area (Å²) in [5.74, 6) is -0.372. The van der Waals surface area contributed by atoms with Crippen molar-refractivity contribution in [3.8, 4) is 11.5 Å². The first-order chi connectivity index (χ1) is 8.13. The normalized spacial score (nSPS) is 11.6. The fourth-order valence-electron chi connectivity index (χ4n) is 1.62. The first-order valence-electron chi connectivity index (χ1n) is 5.19. The van der Waals surface area contributed by atoms with E-state index in [0.717, 1.165) is 0 Å². The van der Waals surface area contributed by atoms with E-state index in [1.165, 1.54) is 14.2 Å². The second-order valence-corrected chi connectivity index (χ2v) is 3.53. The lowest BCUT2D eigenvalue weighted by Gasteiger charge is -2.13. The second kappa shape index (κ2) is 5.94. The number of hydrogen-bond acceptors (Lipinski definition) is 3. The fraction of sp³-hybridized carbons (Fsp3) is 0.308. The smallest absolute Gasteiger partial charge is 0.311 e. The molecule has 17 heavy (non-hydrogen) atoms. The number of rotatable bonds is 6. The highest BCUT2D eigenvalue weighted by Crippen LogP contribution is 2.31. The van der Waals surface area contributed by atoms with Crippen molar-refractivity contribution < 1.29 is 19.4 Å². The molecule has 0 amide bonds. The van der Waals surface area contributed by atoms with Crippen LogP contribution in [0.15, 0.2) is 30.9 Å². The van der Waals surface area contributed by atoms with Gasteiger partial charge in [-0.25, -0.2) is 0 Å². The molecular weight excluding hydrogens is 220 g/mol. The highest BCUT2D eigenvalue weighted by atomic mass is 16.5. The highest BCUT2D eigenvalue weighted by Gasteiger charge is 2.19. The number of methoxy groups -OCH3 is 2. The van der Waals surface area contributed by atoms with Crippen LogP contribution in [0.2, 0.25) is 0 Å². The van der Waals surface area contributed by atoms with Crippen LogP contribution in [0.4, 0.5) is 0 Å². The van der Waals surface area contributed by atoms with Crippen LogP contribution in [0.5, 0.6) is 11.5 Å². The lowest BCUT2D eigenvalue weighted by Crippen LogP contribution is -2.11. The molecule has 0 unspecified atom stereocenters. The van der Waals surface area contributed by atoms with Crippen molar-refractivity contribution in [3.63, 3.8) is 0 Å².